The number of carbonyl (C=O) groups is 1. The van der Waals surface area contributed by atoms with Gasteiger partial charge in [-0.3, -0.25) is 9.48 Å². The molecule has 3 aromatic rings. The molecule has 0 aliphatic rings. The standard InChI is InChI=1S/C20H21ClN4O3/c1-3-10-22-20(26)19-18(12-24-25(19)2)23-11-16-8-9-17(28-16)13-27-15-6-4-14(21)5-7-15/h4-9,11-12H,3,10,13H2,1-2H3,(H,22,26). The second-order valence-corrected chi connectivity index (χ2v) is 6.50. The van der Waals surface area contributed by atoms with Gasteiger partial charge in [0.05, 0.1) is 12.4 Å². The van der Waals surface area contributed by atoms with Gasteiger partial charge in [0.15, 0.2) is 5.69 Å². The van der Waals surface area contributed by atoms with Crippen LogP contribution in [-0.2, 0) is 13.7 Å². The molecule has 2 aromatic heterocycles. The number of hydrogen-bond donors (Lipinski definition) is 1. The number of benzene rings is 1. The Bertz CT molecular complexity index is 960. The molecule has 1 N–H and O–H groups in total. The Morgan fingerprint density at radius 2 is 2.11 bits per heavy atom. The monoisotopic (exact) mass is 400 g/mol. The molecule has 3 rings (SSSR count). The lowest BCUT2D eigenvalue weighted by atomic mass is 10.3. The van der Waals surface area contributed by atoms with Gasteiger partial charge in [-0.2, -0.15) is 5.10 Å². The number of amides is 1. The largest absolute Gasteiger partial charge is 0.486 e. The van der Waals surface area contributed by atoms with Crippen LogP contribution in [0.1, 0.15) is 35.4 Å². The Morgan fingerprint density at radius 3 is 2.86 bits per heavy atom. The average Bonchev–Trinajstić information content (AvgIpc) is 3.30. The molecule has 0 fully saturated rings. The molecule has 146 valence electrons. The summed E-state index contributed by atoms with van der Waals surface area (Å²) < 4.78 is 12.9. The smallest absolute Gasteiger partial charge is 0.271 e. The highest BCUT2D eigenvalue weighted by Crippen LogP contribution is 2.19. The van der Waals surface area contributed by atoms with E-state index in [1.807, 2.05) is 13.0 Å². The second-order valence-electron chi connectivity index (χ2n) is 6.06. The van der Waals surface area contributed by atoms with Crippen molar-refractivity contribution in [3.63, 3.8) is 0 Å². The van der Waals surface area contributed by atoms with Crippen LogP contribution < -0.4 is 10.1 Å². The number of furan rings is 1. The summed E-state index contributed by atoms with van der Waals surface area (Å²) in [4.78, 5) is 16.6. The summed E-state index contributed by atoms with van der Waals surface area (Å²) in [5.41, 5.74) is 0.883. The predicted octanol–water partition coefficient (Wildman–Crippen LogP) is 4.14. The number of ether oxygens (including phenoxy) is 1. The van der Waals surface area contributed by atoms with Crippen LogP contribution in [0.2, 0.25) is 5.02 Å². The predicted molar refractivity (Wildman–Crippen MR) is 108 cm³/mol. The minimum absolute atomic E-state index is 0.203. The topological polar surface area (TPSA) is 81.7 Å². The number of hydrogen-bond acceptors (Lipinski definition) is 5. The molecule has 0 saturated carbocycles. The fourth-order valence-corrected chi connectivity index (χ4v) is 2.59. The van der Waals surface area contributed by atoms with Gasteiger partial charge in [-0.25, -0.2) is 4.99 Å². The maximum atomic E-state index is 12.3. The molecule has 0 spiro atoms. The van der Waals surface area contributed by atoms with E-state index in [0.717, 1.165) is 6.42 Å². The van der Waals surface area contributed by atoms with Crippen molar-refractivity contribution in [2.45, 2.75) is 20.0 Å². The van der Waals surface area contributed by atoms with Crippen molar-refractivity contribution in [2.24, 2.45) is 12.0 Å². The van der Waals surface area contributed by atoms with Crippen LogP contribution in [0.25, 0.3) is 0 Å². The van der Waals surface area contributed by atoms with Crippen LogP contribution >= 0.6 is 11.6 Å². The number of aromatic nitrogens is 2. The first-order valence-corrected chi connectivity index (χ1v) is 9.26. The maximum absolute atomic E-state index is 12.3. The Kier molecular flexibility index (Phi) is 6.49. The maximum Gasteiger partial charge on any atom is 0.271 e. The Hall–Kier alpha value is -3.06. The Morgan fingerprint density at radius 1 is 1.32 bits per heavy atom. The molecule has 0 radical (unpaired) electrons. The highest BCUT2D eigenvalue weighted by atomic mass is 35.5. The van der Waals surface area contributed by atoms with Crippen LogP contribution in [0.15, 0.2) is 52.0 Å². The van der Waals surface area contributed by atoms with Gasteiger partial charge in [-0.15, -0.1) is 0 Å². The van der Waals surface area contributed by atoms with Gasteiger partial charge in [-0.1, -0.05) is 18.5 Å². The van der Waals surface area contributed by atoms with Crippen molar-refractivity contribution < 1.29 is 13.9 Å². The first-order chi connectivity index (χ1) is 13.6. The number of nitrogens with one attached hydrogen (secondary N) is 1. The van der Waals surface area contributed by atoms with Gasteiger partial charge in [0.2, 0.25) is 0 Å². The van der Waals surface area contributed by atoms with Crippen molar-refractivity contribution >= 4 is 29.4 Å². The molecular formula is C20H21ClN4O3. The van der Waals surface area contributed by atoms with E-state index < -0.39 is 0 Å². The number of rotatable bonds is 8. The zero-order valence-corrected chi connectivity index (χ0v) is 16.4. The summed E-state index contributed by atoms with van der Waals surface area (Å²) in [6, 6.07) is 10.7. The molecule has 0 atom stereocenters. The van der Waals surface area contributed by atoms with Crippen LogP contribution in [-0.4, -0.2) is 28.4 Å². The molecule has 0 aliphatic heterocycles. The SMILES string of the molecule is CCCNC(=O)c1c(N=Cc2ccc(COc3ccc(Cl)cc3)o2)cnn1C. The molecule has 0 aliphatic carbocycles. The lowest BCUT2D eigenvalue weighted by Gasteiger charge is -2.04. The van der Waals surface area contributed by atoms with Gasteiger partial charge in [0, 0.05) is 18.6 Å². The van der Waals surface area contributed by atoms with Crippen molar-refractivity contribution in [3.05, 3.63) is 64.8 Å². The molecule has 1 amide bonds. The lowest BCUT2D eigenvalue weighted by molar-refractivity contribution is 0.0945. The minimum atomic E-state index is -0.203. The van der Waals surface area contributed by atoms with E-state index in [0.29, 0.717) is 40.2 Å². The van der Waals surface area contributed by atoms with Gasteiger partial charge in [-0.05, 0) is 42.8 Å². The molecule has 0 saturated heterocycles. The van der Waals surface area contributed by atoms with Crippen molar-refractivity contribution in [1.29, 1.82) is 0 Å². The Balaban J connectivity index is 1.64. The fourth-order valence-electron chi connectivity index (χ4n) is 2.47. The normalized spacial score (nSPS) is 11.1. The summed E-state index contributed by atoms with van der Waals surface area (Å²) in [6.07, 6.45) is 3.96. The lowest BCUT2D eigenvalue weighted by Crippen LogP contribution is -2.26. The third-order valence-corrected chi connectivity index (χ3v) is 4.13. The fraction of sp³-hybridized carbons (Fsp3) is 0.250. The molecule has 2 heterocycles. The molecule has 28 heavy (non-hydrogen) atoms. The zero-order valence-electron chi connectivity index (χ0n) is 15.7. The summed E-state index contributed by atoms with van der Waals surface area (Å²) in [7, 11) is 1.71. The molecular weight excluding hydrogens is 380 g/mol. The van der Waals surface area contributed by atoms with E-state index in [2.05, 4.69) is 15.4 Å². The first-order valence-electron chi connectivity index (χ1n) is 8.88. The highest BCUT2D eigenvalue weighted by molar-refractivity contribution is 6.30. The number of carbonyl (C=O) groups excluding carboxylic acids is 1. The number of aliphatic imine (C=N–C) groups is 1. The molecule has 8 heteroatoms. The zero-order chi connectivity index (χ0) is 19.9. The average molecular weight is 401 g/mol. The number of nitrogens with zero attached hydrogens (tertiary/aromatic N) is 3. The molecule has 0 unspecified atom stereocenters. The van der Waals surface area contributed by atoms with E-state index in [1.165, 1.54) is 4.68 Å². The number of halogens is 1. The van der Waals surface area contributed by atoms with Gasteiger partial charge in [0.25, 0.3) is 5.91 Å². The van der Waals surface area contributed by atoms with Crippen LogP contribution in [0, 0.1) is 0 Å². The summed E-state index contributed by atoms with van der Waals surface area (Å²) in [5.74, 6) is 1.71. The summed E-state index contributed by atoms with van der Waals surface area (Å²) in [6.45, 7) is 2.88. The van der Waals surface area contributed by atoms with Crippen molar-refractivity contribution in [1.82, 2.24) is 15.1 Å². The van der Waals surface area contributed by atoms with E-state index in [4.69, 9.17) is 20.8 Å². The van der Waals surface area contributed by atoms with E-state index in [9.17, 15) is 4.79 Å². The molecule has 1 aromatic carbocycles. The van der Waals surface area contributed by atoms with Crippen molar-refractivity contribution in [3.8, 4) is 5.75 Å². The summed E-state index contributed by atoms with van der Waals surface area (Å²) in [5, 5.41) is 7.60. The van der Waals surface area contributed by atoms with Gasteiger partial charge < -0.3 is 14.5 Å². The van der Waals surface area contributed by atoms with E-state index in [1.54, 1.807) is 49.8 Å². The quantitative estimate of drug-likeness (QED) is 0.576. The van der Waals surface area contributed by atoms with Crippen molar-refractivity contribution in [2.75, 3.05) is 6.54 Å². The van der Waals surface area contributed by atoms with E-state index in [-0.39, 0.29) is 12.5 Å². The first kappa shape index (κ1) is 19.7. The third kappa shape index (κ3) is 5.01. The molecule has 0 bridgehead atoms. The van der Waals surface area contributed by atoms with Crippen LogP contribution in [0.5, 0.6) is 5.75 Å². The molecule has 7 nitrogen and oxygen atoms in total. The summed E-state index contributed by atoms with van der Waals surface area (Å²) >= 11 is 5.85. The van der Waals surface area contributed by atoms with Crippen LogP contribution in [0.4, 0.5) is 5.69 Å². The van der Waals surface area contributed by atoms with E-state index >= 15 is 0 Å². The van der Waals surface area contributed by atoms with Gasteiger partial charge in [0.1, 0.15) is 29.6 Å². The Labute approximate surface area is 168 Å². The number of aryl methyl sites for hydroxylation is 1. The second kappa shape index (κ2) is 9.23. The third-order valence-electron chi connectivity index (χ3n) is 3.88. The highest BCUT2D eigenvalue weighted by Gasteiger charge is 2.15. The minimum Gasteiger partial charge on any atom is -0.486 e. The van der Waals surface area contributed by atoms with Crippen LogP contribution in [0.3, 0.4) is 0 Å². The van der Waals surface area contributed by atoms with Gasteiger partial charge >= 0.3 is 0 Å².